The minimum absolute atomic E-state index is 0.163. The molecule has 572 valence electrons. The van der Waals surface area contributed by atoms with Gasteiger partial charge in [-0.2, -0.15) is 0 Å². The van der Waals surface area contributed by atoms with E-state index in [1.807, 2.05) is 21.6 Å². The zero-order chi connectivity index (χ0) is 71.5. The lowest BCUT2D eigenvalue weighted by atomic mass is 10.1. The summed E-state index contributed by atoms with van der Waals surface area (Å²) in [5.41, 5.74) is 0. The Balaban J connectivity index is 2.50. The number of rotatable bonds is 73. The molecule has 1 aliphatic rings. The van der Waals surface area contributed by atoms with Gasteiger partial charge < -0.3 is 25.2 Å². The van der Waals surface area contributed by atoms with Crippen LogP contribution in [0.5, 0.6) is 0 Å². The number of allylic oxidation sites excluding steroid dienone is 20. The van der Waals surface area contributed by atoms with E-state index in [1.54, 1.807) is 0 Å². The second-order valence-corrected chi connectivity index (χ2v) is 30.7. The highest BCUT2D eigenvalue weighted by Gasteiger charge is 2.20. The molecule has 10 nitrogen and oxygen atoms in total. The van der Waals surface area contributed by atoms with E-state index in [0.29, 0.717) is 52.2 Å². The van der Waals surface area contributed by atoms with E-state index in [1.165, 1.54) is 89.9 Å². The van der Waals surface area contributed by atoms with E-state index in [2.05, 4.69) is 169 Å². The third kappa shape index (κ3) is 69.4. The van der Waals surface area contributed by atoms with Gasteiger partial charge in [-0.1, -0.05) is 274 Å². The summed E-state index contributed by atoms with van der Waals surface area (Å²) in [5, 5.41) is 44.8. The molecule has 0 aromatic heterocycles. The Kier molecular flexibility index (Phi) is 72.7. The summed E-state index contributed by atoms with van der Waals surface area (Å²) in [6, 6.07) is 0. The number of piperazine rings is 1. The largest absolute Gasteiger partial charge is 0.464 e. The van der Waals surface area contributed by atoms with E-state index in [9.17, 15) is 25.2 Å². The summed E-state index contributed by atoms with van der Waals surface area (Å²) in [6.07, 6.45) is 90.2. The second-order valence-electron chi connectivity index (χ2n) is 28.0. The molecule has 12 heteroatoms. The maximum absolute atomic E-state index is 13.0. The lowest BCUT2D eigenvalue weighted by molar-refractivity contribution is -0.144. The molecule has 0 radical (unpaired) electrons. The minimum Gasteiger partial charge on any atom is -0.464 e. The number of carbonyl (C=O) groups is 1. The standard InChI is InChI=1S/C87H156N4O6S2/c1-5-9-13-17-21-25-29-33-37-41-45-49-53-57-63-83(92)79-90(80-84(93)64-58-54-50-46-42-38-34-30-26-22-18-14-10-6-2)68-61-67-87(96)97-76-74-88-70-72-89(73-71-88)75-78-99-98-77-62-69-91(81-85(94)65-59-55-51-47-43-39-35-31-27-23-19-15-11-7-3)82-86(95)66-60-56-52-48-44-40-36-32-28-24-20-16-12-8-4/h9-10,13-14,21-28,33-40,83-86,92-95H,5-8,11-12,15-20,29-32,41-82H2,1-4H3/b13-9-,14-10-,25-21-,26-22-,27-23-,28-24-,37-33-,38-34-,39-35-,40-36-. The predicted molar refractivity (Wildman–Crippen MR) is 438 cm³/mol. The van der Waals surface area contributed by atoms with Crippen LogP contribution in [-0.2, 0) is 9.53 Å². The first-order valence-electron chi connectivity index (χ1n) is 41.2. The van der Waals surface area contributed by atoms with Crippen molar-refractivity contribution in [2.24, 2.45) is 0 Å². The Morgan fingerprint density at radius 3 is 0.990 bits per heavy atom. The number of aliphatic hydroxyl groups excluding tert-OH is 4. The molecule has 0 bridgehead atoms. The van der Waals surface area contributed by atoms with Gasteiger partial charge >= 0.3 is 5.97 Å². The molecular formula is C87H156N4O6S2. The van der Waals surface area contributed by atoms with Crippen LogP contribution >= 0.6 is 21.6 Å². The summed E-state index contributed by atoms with van der Waals surface area (Å²) in [7, 11) is 3.93. The van der Waals surface area contributed by atoms with Gasteiger partial charge in [0.05, 0.1) is 24.4 Å². The highest BCUT2D eigenvalue weighted by molar-refractivity contribution is 8.76. The fourth-order valence-corrected chi connectivity index (χ4v) is 14.5. The Morgan fingerprint density at radius 2 is 0.646 bits per heavy atom. The van der Waals surface area contributed by atoms with Crippen molar-refractivity contribution in [1.29, 1.82) is 0 Å². The van der Waals surface area contributed by atoms with E-state index in [0.717, 1.165) is 231 Å². The zero-order valence-corrected chi connectivity index (χ0v) is 66.2. The highest BCUT2D eigenvalue weighted by atomic mass is 33.1. The molecular weight excluding hydrogens is 1260 g/mol. The monoisotopic (exact) mass is 1420 g/mol. The van der Waals surface area contributed by atoms with Gasteiger partial charge in [-0.25, -0.2) is 0 Å². The van der Waals surface area contributed by atoms with Crippen LogP contribution in [0.25, 0.3) is 0 Å². The Morgan fingerprint density at radius 1 is 0.354 bits per heavy atom. The number of hydrogen-bond acceptors (Lipinski definition) is 12. The second kappa shape index (κ2) is 76.4. The third-order valence-corrected chi connectivity index (χ3v) is 21.0. The lowest BCUT2D eigenvalue weighted by Crippen LogP contribution is -2.47. The highest BCUT2D eigenvalue weighted by Crippen LogP contribution is 2.23. The molecule has 0 aromatic carbocycles. The van der Waals surface area contributed by atoms with Gasteiger partial charge in [0.1, 0.15) is 6.61 Å². The Hall–Kier alpha value is -2.75. The van der Waals surface area contributed by atoms with Gasteiger partial charge in [0.25, 0.3) is 0 Å². The van der Waals surface area contributed by atoms with Crippen LogP contribution in [0.1, 0.15) is 304 Å². The van der Waals surface area contributed by atoms with E-state index >= 15 is 0 Å². The van der Waals surface area contributed by atoms with Crippen molar-refractivity contribution >= 4 is 27.6 Å². The zero-order valence-electron chi connectivity index (χ0n) is 64.6. The average molecular weight is 1420 g/mol. The molecule has 0 spiro atoms. The smallest absolute Gasteiger partial charge is 0.305 e. The SMILES string of the molecule is CC/C=C\C/C=C\C/C=C\CCCCCCC(O)CN(CCCC(=O)OCCN1CCN(CCSSCCCN(CC(O)CCCCCC/C=C\C/C=C\CCCCC)CC(O)CCCCCC/C=C\C/C=C\CCCCC)CC1)CC(O)CCCCCC/C=C\C/C=C\C/C=C\CC. The average Bonchev–Trinajstić information content (AvgIpc) is 1.94. The van der Waals surface area contributed by atoms with Crippen LogP contribution in [0, 0.1) is 0 Å². The van der Waals surface area contributed by atoms with Gasteiger partial charge in [0.15, 0.2) is 0 Å². The minimum atomic E-state index is -0.453. The number of carbonyl (C=O) groups excluding carboxylic acids is 1. The van der Waals surface area contributed by atoms with Crippen LogP contribution in [0.2, 0.25) is 0 Å². The van der Waals surface area contributed by atoms with Crippen molar-refractivity contribution in [3.05, 3.63) is 122 Å². The molecule has 0 amide bonds. The van der Waals surface area contributed by atoms with Gasteiger partial charge in [0, 0.05) is 83.4 Å². The lowest BCUT2D eigenvalue weighted by Gasteiger charge is -2.34. The van der Waals surface area contributed by atoms with Crippen LogP contribution < -0.4 is 0 Å². The van der Waals surface area contributed by atoms with Crippen molar-refractivity contribution in [2.75, 3.05) is 96.6 Å². The van der Waals surface area contributed by atoms with Crippen LogP contribution in [0.3, 0.4) is 0 Å². The first kappa shape index (κ1) is 94.3. The van der Waals surface area contributed by atoms with Crippen molar-refractivity contribution < 1.29 is 30.0 Å². The van der Waals surface area contributed by atoms with Crippen molar-refractivity contribution in [2.45, 2.75) is 328 Å². The normalized spacial score (nSPS) is 15.3. The Bertz CT molecular complexity index is 1920. The molecule has 1 fully saturated rings. The molecule has 1 aliphatic heterocycles. The fraction of sp³-hybridized carbons (Fsp3) is 0.759. The molecule has 99 heavy (non-hydrogen) atoms. The van der Waals surface area contributed by atoms with Gasteiger partial charge in [-0.05, 0) is 180 Å². The maximum Gasteiger partial charge on any atom is 0.305 e. The van der Waals surface area contributed by atoms with Crippen LogP contribution in [-0.4, -0.2) is 167 Å². The molecule has 1 rings (SSSR count). The number of hydrogen-bond donors (Lipinski definition) is 4. The first-order valence-corrected chi connectivity index (χ1v) is 43.7. The summed E-state index contributed by atoms with van der Waals surface area (Å²) in [5.74, 6) is 1.98. The predicted octanol–water partition coefficient (Wildman–Crippen LogP) is 22.0. The quantitative estimate of drug-likeness (QED) is 0.0201. The maximum atomic E-state index is 13.0. The molecule has 1 saturated heterocycles. The van der Waals surface area contributed by atoms with Gasteiger partial charge in [-0.15, -0.1) is 0 Å². The molecule has 0 aromatic rings. The van der Waals surface area contributed by atoms with Crippen molar-refractivity contribution in [3.8, 4) is 0 Å². The topological polar surface area (TPSA) is 120 Å². The number of ether oxygens (including phenoxy) is 1. The summed E-state index contributed by atoms with van der Waals surface area (Å²) in [6.45, 7) is 19.0. The molecule has 0 aliphatic carbocycles. The number of esters is 1. The molecule has 4 N–H and O–H groups in total. The number of unbranched alkanes of at least 4 members (excludes halogenated alkanes) is 22. The number of aliphatic hydroxyl groups is 4. The first-order chi connectivity index (χ1) is 48.7. The molecule has 1 heterocycles. The van der Waals surface area contributed by atoms with Crippen LogP contribution in [0.4, 0.5) is 0 Å². The van der Waals surface area contributed by atoms with E-state index in [4.69, 9.17) is 4.74 Å². The van der Waals surface area contributed by atoms with Crippen LogP contribution in [0.15, 0.2) is 122 Å². The van der Waals surface area contributed by atoms with E-state index in [-0.39, 0.29) is 18.2 Å². The van der Waals surface area contributed by atoms with Gasteiger partial charge in [-0.3, -0.25) is 24.4 Å². The summed E-state index contributed by atoms with van der Waals surface area (Å²) in [4.78, 5) is 22.5. The number of nitrogens with zero attached hydrogens (tertiary/aromatic N) is 4. The third-order valence-electron chi connectivity index (χ3n) is 18.5. The fourth-order valence-electron chi connectivity index (χ4n) is 12.4. The van der Waals surface area contributed by atoms with Crippen molar-refractivity contribution in [3.63, 3.8) is 0 Å². The summed E-state index contributed by atoms with van der Waals surface area (Å²) < 4.78 is 5.78. The van der Waals surface area contributed by atoms with Gasteiger partial charge in [0.2, 0.25) is 0 Å². The molecule has 4 atom stereocenters. The van der Waals surface area contributed by atoms with Crippen molar-refractivity contribution in [1.82, 2.24) is 19.6 Å². The summed E-state index contributed by atoms with van der Waals surface area (Å²) >= 11 is 0. The molecule has 4 unspecified atom stereocenters. The molecule has 0 saturated carbocycles. The van der Waals surface area contributed by atoms with E-state index < -0.39 is 12.2 Å². The Labute approximate surface area is 619 Å².